The van der Waals surface area contributed by atoms with E-state index < -0.39 is 18.1 Å². The Labute approximate surface area is 325 Å². The highest BCUT2D eigenvalue weighted by atomic mass is 16.6. The molecule has 0 amide bonds. The number of aliphatic carboxylic acids is 1. The van der Waals surface area contributed by atoms with Gasteiger partial charge in [-0.15, -0.1) is 0 Å². The molecule has 2 unspecified atom stereocenters. The third-order valence-electron chi connectivity index (χ3n) is 9.62. The van der Waals surface area contributed by atoms with E-state index in [2.05, 4.69) is 50.3 Å². The Kier molecular flexibility index (Phi) is 34.8. The fraction of sp³-hybridized carbons (Fsp3) is 0.800. The molecular weight excluding hydrogens is 666 g/mol. The molecule has 0 aliphatic heterocycles. The van der Waals surface area contributed by atoms with E-state index in [1.165, 1.54) is 89.9 Å². The molecule has 0 rings (SSSR count). The van der Waals surface area contributed by atoms with Gasteiger partial charge >= 0.3 is 17.9 Å². The van der Waals surface area contributed by atoms with Crippen molar-refractivity contribution in [2.75, 3.05) is 41.0 Å². The van der Waals surface area contributed by atoms with Crippen molar-refractivity contribution in [1.82, 2.24) is 0 Å². The first-order valence-corrected chi connectivity index (χ1v) is 21.6. The first-order valence-electron chi connectivity index (χ1n) is 21.6. The minimum Gasteiger partial charge on any atom is -0.477 e. The predicted molar refractivity (Wildman–Crippen MR) is 220 cm³/mol. The van der Waals surface area contributed by atoms with Crippen LogP contribution >= 0.6 is 0 Å². The molecule has 0 saturated heterocycles. The molecule has 0 aromatic carbocycles. The Hall–Kier alpha value is -2.45. The molecule has 8 heteroatoms. The quantitative estimate of drug-likeness (QED) is 0.0290. The van der Waals surface area contributed by atoms with Crippen LogP contribution in [0.4, 0.5) is 0 Å². The smallest absolute Gasteiger partial charge is 0.362 e. The number of carbonyl (C=O) groups is 3. The maximum atomic E-state index is 12.7. The normalized spacial score (nSPS) is 13.3. The van der Waals surface area contributed by atoms with Crippen molar-refractivity contribution < 1.29 is 38.2 Å². The van der Waals surface area contributed by atoms with Gasteiger partial charge in [0.2, 0.25) is 0 Å². The number of rotatable bonds is 38. The second-order valence-electron chi connectivity index (χ2n) is 15.6. The van der Waals surface area contributed by atoms with Crippen molar-refractivity contribution in [1.29, 1.82) is 0 Å². The first kappa shape index (κ1) is 50.5. The summed E-state index contributed by atoms with van der Waals surface area (Å²) in [6, 6.07) is -0.615. The van der Waals surface area contributed by atoms with E-state index in [1.54, 1.807) is 0 Å². The molecule has 0 spiro atoms. The van der Waals surface area contributed by atoms with Crippen LogP contribution in [0.1, 0.15) is 181 Å². The van der Waals surface area contributed by atoms with Crippen molar-refractivity contribution in [2.24, 2.45) is 0 Å². The number of ether oxygens (including phenoxy) is 3. The molecule has 1 N–H and O–H groups in total. The largest absolute Gasteiger partial charge is 0.477 e. The fourth-order valence-electron chi connectivity index (χ4n) is 6.27. The molecular formula is C45H82NO7+. The predicted octanol–water partition coefficient (Wildman–Crippen LogP) is 11.5. The summed E-state index contributed by atoms with van der Waals surface area (Å²) >= 11 is 0. The second kappa shape index (κ2) is 36.5. The molecule has 53 heavy (non-hydrogen) atoms. The van der Waals surface area contributed by atoms with Gasteiger partial charge in [-0.1, -0.05) is 166 Å². The Morgan fingerprint density at radius 1 is 0.585 bits per heavy atom. The van der Waals surface area contributed by atoms with Crippen LogP contribution < -0.4 is 0 Å². The van der Waals surface area contributed by atoms with Crippen LogP contribution in [-0.4, -0.2) is 80.6 Å². The summed E-state index contributed by atoms with van der Waals surface area (Å²) in [7, 11) is 5.52. The summed E-state index contributed by atoms with van der Waals surface area (Å²) in [6.45, 7) is 4.60. The number of carbonyl (C=O) groups excluding carboxylic acids is 2. The number of hydrogen-bond donors (Lipinski definition) is 1. The fourth-order valence-corrected chi connectivity index (χ4v) is 6.27. The molecule has 308 valence electrons. The lowest BCUT2D eigenvalue weighted by molar-refractivity contribution is -0.887. The van der Waals surface area contributed by atoms with Crippen molar-refractivity contribution in [3.8, 4) is 0 Å². The van der Waals surface area contributed by atoms with Crippen molar-refractivity contribution in [2.45, 2.75) is 193 Å². The maximum Gasteiger partial charge on any atom is 0.362 e. The van der Waals surface area contributed by atoms with Crippen LogP contribution in [0.15, 0.2) is 36.5 Å². The average molecular weight is 749 g/mol. The number of likely N-dealkylation sites (N-methyl/N-ethyl adjacent to an activating group) is 1. The SMILES string of the molecule is CC/C=C/C=C/C=C/CCCCCCCCCC(=O)OC(COCCC(C(=O)O)[N+](C)(C)C)COC(=O)CCCCCCCCCCCCCCCC. The first-order chi connectivity index (χ1) is 25.6. The number of allylic oxidation sites excluding steroid dienone is 6. The second-order valence-corrected chi connectivity index (χ2v) is 15.6. The molecule has 0 aromatic rings. The van der Waals surface area contributed by atoms with Gasteiger partial charge < -0.3 is 23.8 Å². The minimum absolute atomic E-state index is 0.0533. The van der Waals surface area contributed by atoms with Gasteiger partial charge in [0, 0.05) is 19.3 Å². The number of hydrogen-bond acceptors (Lipinski definition) is 6. The maximum absolute atomic E-state index is 12.7. The summed E-state index contributed by atoms with van der Waals surface area (Å²) in [5.41, 5.74) is 0. The van der Waals surface area contributed by atoms with E-state index in [1.807, 2.05) is 21.1 Å². The molecule has 2 atom stereocenters. The standard InChI is InChI=1S/C45H81NO7/c1-6-8-10-12-14-16-18-20-22-24-26-28-30-32-34-36-44(48)53-41(39-51-38-37-42(45(49)50)46(3,4)5)40-52-43(47)35-33-31-29-27-25-23-21-19-17-15-13-11-9-7-2/h8,10,12,14,16,18,41-42H,6-7,9,11,13,15,17,19-40H2,1-5H3/p+1/b10-8+,14-12+,18-16+. The molecule has 0 fully saturated rings. The molecule has 0 heterocycles. The zero-order chi connectivity index (χ0) is 39.3. The van der Waals surface area contributed by atoms with Crippen molar-refractivity contribution >= 4 is 17.9 Å². The van der Waals surface area contributed by atoms with Crippen molar-refractivity contribution in [3.63, 3.8) is 0 Å². The molecule has 0 aliphatic carbocycles. The van der Waals surface area contributed by atoms with E-state index >= 15 is 0 Å². The summed E-state index contributed by atoms with van der Waals surface area (Å²) < 4.78 is 17.3. The Morgan fingerprint density at radius 3 is 1.55 bits per heavy atom. The Morgan fingerprint density at radius 2 is 1.06 bits per heavy atom. The van der Waals surface area contributed by atoms with Gasteiger partial charge in [-0.25, -0.2) is 4.79 Å². The summed E-state index contributed by atoms with van der Waals surface area (Å²) in [4.78, 5) is 36.9. The van der Waals surface area contributed by atoms with Crippen LogP contribution in [0.2, 0.25) is 0 Å². The van der Waals surface area contributed by atoms with Crippen molar-refractivity contribution in [3.05, 3.63) is 36.5 Å². The topological polar surface area (TPSA) is 99.1 Å². The van der Waals surface area contributed by atoms with Gasteiger partial charge in [-0.05, 0) is 32.1 Å². The van der Waals surface area contributed by atoms with Crippen LogP contribution in [0.25, 0.3) is 0 Å². The number of unbranched alkanes of at least 4 members (excludes halogenated alkanes) is 20. The van der Waals surface area contributed by atoms with Gasteiger partial charge in [0.1, 0.15) is 6.61 Å². The number of quaternary nitrogens is 1. The van der Waals surface area contributed by atoms with Gasteiger partial charge in [-0.2, -0.15) is 0 Å². The lowest BCUT2D eigenvalue weighted by Gasteiger charge is -2.31. The number of carboxylic acids is 1. The van der Waals surface area contributed by atoms with E-state index in [0.717, 1.165) is 57.8 Å². The van der Waals surface area contributed by atoms with Crippen LogP contribution in [0.5, 0.6) is 0 Å². The molecule has 0 aliphatic rings. The minimum atomic E-state index is -0.877. The Bertz CT molecular complexity index is 968. The highest BCUT2D eigenvalue weighted by Crippen LogP contribution is 2.15. The third-order valence-corrected chi connectivity index (χ3v) is 9.62. The zero-order valence-corrected chi connectivity index (χ0v) is 35.0. The number of nitrogens with zero attached hydrogens (tertiary/aromatic N) is 1. The van der Waals surface area contributed by atoms with E-state index in [9.17, 15) is 19.5 Å². The van der Waals surface area contributed by atoms with Crippen LogP contribution in [-0.2, 0) is 28.6 Å². The highest BCUT2D eigenvalue weighted by Gasteiger charge is 2.31. The van der Waals surface area contributed by atoms with Crippen LogP contribution in [0, 0.1) is 0 Å². The third kappa shape index (κ3) is 35.0. The summed E-state index contributed by atoms with van der Waals surface area (Å²) in [6.07, 6.45) is 40.4. The van der Waals surface area contributed by atoms with E-state index in [-0.39, 0.29) is 36.2 Å². The van der Waals surface area contributed by atoms with Gasteiger partial charge in [0.25, 0.3) is 0 Å². The molecule has 8 nitrogen and oxygen atoms in total. The summed E-state index contributed by atoms with van der Waals surface area (Å²) in [5.74, 6) is -1.48. The molecule has 0 saturated carbocycles. The zero-order valence-electron chi connectivity index (χ0n) is 35.0. The van der Waals surface area contributed by atoms with E-state index in [0.29, 0.717) is 19.3 Å². The Balaban J connectivity index is 4.36. The molecule has 0 aromatic heterocycles. The highest BCUT2D eigenvalue weighted by molar-refractivity contribution is 5.72. The summed E-state index contributed by atoms with van der Waals surface area (Å²) in [5, 5.41) is 9.61. The number of carboxylic acid groups (broad SMARTS) is 1. The average Bonchev–Trinajstić information content (AvgIpc) is 3.11. The van der Waals surface area contributed by atoms with Gasteiger partial charge in [0.15, 0.2) is 12.1 Å². The lowest BCUT2D eigenvalue weighted by atomic mass is 10.0. The molecule has 0 bridgehead atoms. The van der Waals surface area contributed by atoms with E-state index in [4.69, 9.17) is 14.2 Å². The van der Waals surface area contributed by atoms with Gasteiger partial charge in [0.05, 0.1) is 34.4 Å². The van der Waals surface area contributed by atoms with Gasteiger partial charge in [-0.3, -0.25) is 9.59 Å². The molecule has 0 radical (unpaired) electrons. The number of esters is 2. The van der Waals surface area contributed by atoms with Crippen LogP contribution in [0.3, 0.4) is 0 Å². The lowest BCUT2D eigenvalue weighted by Crippen LogP contribution is -2.50. The monoisotopic (exact) mass is 749 g/mol.